The molecular weight excluding hydrogens is 232 g/mol. The lowest BCUT2D eigenvalue weighted by Crippen LogP contribution is -2.11. The van der Waals surface area contributed by atoms with Crippen LogP contribution in [0.25, 0.3) is 0 Å². The number of benzene rings is 2. The Kier molecular flexibility index (Phi) is 3.48. The summed E-state index contributed by atoms with van der Waals surface area (Å²) in [5.41, 5.74) is 0.840. The molecule has 2 aromatic rings. The van der Waals surface area contributed by atoms with E-state index in [2.05, 4.69) is 0 Å². The number of phenolic OH excluding ortho intramolecular Hbond substituents is 2. The first-order chi connectivity index (χ1) is 8.63. The molecule has 2 rings (SSSR count). The molecule has 0 spiro atoms. The SMILES string of the molecule is O=C(Cc1ccccc1)Oc1cc(O)cc(O)c1. The van der Waals surface area contributed by atoms with Gasteiger partial charge >= 0.3 is 5.97 Å². The van der Waals surface area contributed by atoms with E-state index in [0.29, 0.717) is 0 Å². The van der Waals surface area contributed by atoms with Crippen LogP contribution in [0.1, 0.15) is 5.56 Å². The molecule has 0 radical (unpaired) electrons. The minimum absolute atomic E-state index is 0.119. The molecule has 4 heteroatoms. The van der Waals surface area contributed by atoms with Crippen molar-refractivity contribution in [1.29, 1.82) is 0 Å². The third-order valence-electron chi connectivity index (χ3n) is 2.30. The summed E-state index contributed by atoms with van der Waals surface area (Å²) in [5, 5.41) is 18.5. The minimum atomic E-state index is -0.453. The zero-order valence-corrected chi connectivity index (χ0v) is 9.54. The minimum Gasteiger partial charge on any atom is -0.508 e. The van der Waals surface area contributed by atoms with Crippen molar-refractivity contribution < 1.29 is 19.7 Å². The molecule has 4 nitrogen and oxygen atoms in total. The van der Waals surface area contributed by atoms with Crippen LogP contribution >= 0.6 is 0 Å². The van der Waals surface area contributed by atoms with Crippen LogP contribution in [0.3, 0.4) is 0 Å². The summed E-state index contributed by atoms with van der Waals surface area (Å²) in [5.74, 6) is -0.644. The summed E-state index contributed by atoms with van der Waals surface area (Å²) in [6, 6.07) is 12.9. The van der Waals surface area contributed by atoms with Crippen LogP contribution in [0.4, 0.5) is 0 Å². The van der Waals surface area contributed by atoms with E-state index in [1.54, 1.807) is 0 Å². The van der Waals surface area contributed by atoms with Gasteiger partial charge in [-0.3, -0.25) is 4.79 Å². The predicted octanol–water partition coefficient (Wildman–Crippen LogP) is 2.25. The van der Waals surface area contributed by atoms with Crippen LogP contribution in [0.2, 0.25) is 0 Å². The van der Waals surface area contributed by atoms with Crippen LogP contribution < -0.4 is 4.74 Å². The zero-order chi connectivity index (χ0) is 13.0. The molecule has 0 aromatic heterocycles. The Morgan fingerprint density at radius 3 is 2.22 bits per heavy atom. The third-order valence-corrected chi connectivity index (χ3v) is 2.30. The standard InChI is InChI=1S/C14H12O4/c15-11-7-12(16)9-13(8-11)18-14(17)6-10-4-2-1-3-5-10/h1-5,7-9,15-16H,6H2. The first-order valence-corrected chi connectivity index (χ1v) is 5.41. The number of carbonyl (C=O) groups excluding carboxylic acids is 1. The average molecular weight is 244 g/mol. The fraction of sp³-hybridized carbons (Fsp3) is 0.0714. The molecule has 0 saturated heterocycles. The maximum Gasteiger partial charge on any atom is 0.315 e. The molecule has 2 N–H and O–H groups in total. The summed E-state index contributed by atoms with van der Waals surface area (Å²) in [4.78, 5) is 11.6. The van der Waals surface area contributed by atoms with Crippen LogP contribution in [0.15, 0.2) is 48.5 Å². The van der Waals surface area contributed by atoms with Gasteiger partial charge in [-0.2, -0.15) is 0 Å². The second-order valence-corrected chi connectivity index (χ2v) is 3.82. The van der Waals surface area contributed by atoms with Crippen molar-refractivity contribution in [2.24, 2.45) is 0 Å². The van der Waals surface area contributed by atoms with Crippen molar-refractivity contribution in [2.45, 2.75) is 6.42 Å². The summed E-state index contributed by atoms with van der Waals surface area (Å²) in [6.07, 6.45) is 0.136. The van der Waals surface area contributed by atoms with Gasteiger partial charge in [0.15, 0.2) is 0 Å². The topological polar surface area (TPSA) is 66.8 Å². The number of rotatable bonds is 3. The van der Waals surface area contributed by atoms with Gasteiger partial charge < -0.3 is 14.9 Å². The second-order valence-electron chi connectivity index (χ2n) is 3.82. The zero-order valence-electron chi connectivity index (χ0n) is 9.54. The van der Waals surface area contributed by atoms with Gasteiger partial charge in [0, 0.05) is 18.2 Å². The molecule has 2 aromatic carbocycles. The Balaban J connectivity index is 2.03. The molecule has 0 aliphatic rings. The molecule has 0 bridgehead atoms. The highest BCUT2D eigenvalue weighted by atomic mass is 16.5. The number of ether oxygens (including phenoxy) is 1. The Hall–Kier alpha value is -2.49. The van der Waals surface area contributed by atoms with E-state index in [-0.39, 0.29) is 23.7 Å². The summed E-state index contributed by atoms with van der Waals surface area (Å²) in [7, 11) is 0. The van der Waals surface area contributed by atoms with Crippen LogP contribution in [-0.4, -0.2) is 16.2 Å². The number of aromatic hydroxyl groups is 2. The van der Waals surface area contributed by atoms with E-state index in [1.165, 1.54) is 12.1 Å². The first-order valence-electron chi connectivity index (χ1n) is 5.41. The predicted molar refractivity (Wildman–Crippen MR) is 65.6 cm³/mol. The van der Waals surface area contributed by atoms with Crippen molar-refractivity contribution in [3.05, 3.63) is 54.1 Å². The summed E-state index contributed by atoms with van der Waals surface area (Å²) in [6.45, 7) is 0. The lowest BCUT2D eigenvalue weighted by atomic mass is 10.2. The van der Waals surface area contributed by atoms with Gasteiger partial charge in [-0.15, -0.1) is 0 Å². The van der Waals surface area contributed by atoms with Crippen LogP contribution in [0, 0.1) is 0 Å². The molecule has 0 heterocycles. The van der Waals surface area contributed by atoms with E-state index in [9.17, 15) is 15.0 Å². The quantitative estimate of drug-likeness (QED) is 0.642. The maximum atomic E-state index is 11.6. The maximum absolute atomic E-state index is 11.6. The average Bonchev–Trinajstić information content (AvgIpc) is 2.28. The highest BCUT2D eigenvalue weighted by Gasteiger charge is 2.08. The largest absolute Gasteiger partial charge is 0.508 e. The molecule has 0 aliphatic carbocycles. The van der Waals surface area contributed by atoms with E-state index in [0.717, 1.165) is 11.6 Å². The monoisotopic (exact) mass is 244 g/mol. The van der Waals surface area contributed by atoms with Gasteiger partial charge in [0.25, 0.3) is 0 Å². The molecule has 0 aliphatic heterocycles. The van der Waals surface area contributed by atoms with Crippen molar-refractivity contribution in [3.63, 3.8) is 0 Å². The molecule has 0 fully saturated rings. The lowest BCUT2D eigenvalue weighted by molar-refractivity contribution is -0.133. The van der Waals surface area contributed by atoms with Gasteiger partial charge in [0.2, 0.25) is 0 Å². The van der Waals surface area contributed by atoms with E-state index >= 15 is 0 Å². The van der Waals surface area contributed by atoms with E-state index in [1.807, 2.05) is 30.3 Å². The Morgan fingerprint density at radius 1 is 1.00 bits per heavy atom. The normalized spacial score (nSPS) is 10.0. The molecule has 0 saturated carbocycles. The number of carbonyl (C=O) groups is 1. The van der Waals surface area contributed by atoms with E-state index in [4.69, 9.17) is 4.74 Å². The van der Waals surface area contributed by atoms with Gasteiger partial charge in [0.1, 0.15) is 17.2 Å². The second kappa shape index (κ2) is 5.23. The number of hydrogen-bond donors (Lipinski definition) is 2. The number of hydrogen-bond acceptors (Lipinski definition) is 4. The fourth-order valence-electron chi connectivity index (χ4n) is 1.56. The van der Waals surface area contributed by atoms with Crippen LogP contribution in [0.5, 0.6) is 17.2 Å². The molecular formula is C14H12O4. The number of esters is 1. The molecule has 0 atom stereocenters. The van der Waals surface area contributed by atoms with Gasteiger partial charge in [-0.25, -0.2) is 0 Å². The summed E-state index contributed by atoms with van der Waals surface area (Å²) >= 11 is 0. The Morgan fingerprint density at radius 2 is 1.61 bits per heavy atom. The summed E-state index contributed by atoms with van der Waals surface area (Å²) < 4.78 is 5.02. The molecule has 18 heavy (non-hydrogen) atoms. The lowest BCUT2D eigenvalue weighted by Gasteiger charge is -2.05. The van der Waals surface area contributed by atoms with Crippen molar-refractivity contribution >= 4 is 5.97 Å². The van der Waals surface area contributed by atoms with E-state index < -0.39 is 5.97 Å². The number of phenols is 2. The fourth-order valence-corrected chi connectivity index (χ4v) is 1.56. The van der Waals surface area contributed by atoms with Crippen molar-refractivity contribution in [3.8, 4) is 17.2 Å². The van der Waals surface area contributed by atoms with Gasteiger partial charge in [0.05, 0.1) is 6.42 Å². The first kappa shape index (κ1) is 12.0. The highest BCUT2D eigenvalue weighted by molar-refractivity contribution is 5.75. The molecule has 92 valence electrons. The van der Waals surface area contributed by atoms with Gasteiger partial charge in [-0.05, 0) is 5.56 Å². The highest BCUT2D eigenvalue weighted by Crippen LogP contribution is 2.25. The smallest absolute Gasteiger partial charge is 0.315 e. The van der Waals surface area contributed by atoms with Gasteiger partial charge in [-0.1, -0.05) is 30.3 Å². The van der Waals surface area contributed by atoms with Crippen LogP contribution in [-0.2, 0) is 11.2 Å². The van der Waals surface area contributed by atoms with Crippen molar-refractivity contribution in [2.75, 3.05) is 0 Å². The Labute approximate surface area is 104 Å². The van der Waals surface area contributed by atoms with Crippen molar-refractivity contribution in [1.82, 2.24) is 0 Å². The third kappa shape index (κ3) is 3.25. The molecule has 0 amide bonds. The molecule has 0 unspecified atom stereocenters. The Bertz CT molecular complexity index is 529.